The highest BCUT2D eigenvalue weighted by molar-refractivity contribution is 9.09. The van der Waals surface area contributed by atoms with Crippen LogP contribution in [0.3, 0.4) is 0 Å². The average Bonchev–Trinajstić information content (AvgIpc) is 2.42. The number of para-hydroxylation sites is 1. The van der Waals surface area contributed by atoms with Gasteiger partial charge in [-0.1, -0.05) is 22.0 Å². The van der Waals surface area contributed by atoms with Crippen molar-refractivity contribution >= 4 is 21.8 Å². The third-order valence-electron chi connectivity index (χ3n) is 3.34. The van der Waals surface area contributed by atoms with E-state index >= 15 is 0 Å². The quantitative estimate of drug-likeness (QED) is 0.583. The zero-order chi connectivity index (χ0) is 13.9. The van der Waals surface area contributed by atoms with E-state index in [0.717, 1.165) is 0 Å². The number of amides is 1. The Bertz CT molecular complexity index is 472. The molecule has 0 aromatic heterocycles. The Hall–Kier alpha value is -1.27. The van der Waals surface area contributed by atoms with Gasteiger partial charge in [0.2, 0.25) is 0 Å². The highest BCUT2D eigenvalue weighted by Gasteiger charge is 2.34. The second-order valence-corrected chi connectivity index (χ2v) is 5.21. The molecule has 0 spiro atoms. The molecule has 0 unspecified atom stereocenters. The van der Waals surface area contributed by atoms with Crippen molar-refractivity contribution in [2.75, 3.05) is 18.5 Å². The lowest BCUT2D eigenvalue weighted by molar-refractivity contribution is 0.0441. The predicted octanol–water partition coefficient (Wildman–Crippen LogP) is 1.77. The smallest absolute Gasteiger partial charge is 0.255 e. The van der Waals surface area contributed by atoms with E-state index in [2.05, 4.69) is 21.2 Å². The van der Waals surface area contributed by atoms with Gasteiger partial charge in [-0.05, 0) is 25.0 Å². The summed E-state index contributed by atoms with van der Waals surface area (Å²) in [5.41, 5.74) is -0.292. The van der Waals surface area contributed by atoms with Crippen LogP contribution in [0.5, 0.6) is 11.5 Å². The minimum atomic E-state index is -0.394. The van der Waals surface area contributed by atoms with Crippen LogP contribution in [0.4, 0.5) is 0 Å². The second kappa shape index (κ2) is 5.79. The Kier molecular flexibility index (Phi) is 4.31. The van der Waals surface area contributed by atoms with E-state index in [-0.39, 0.29) is 16.9 Å². The van der Waals surface area contributed by atoms with Crippen LogP contribution >= 0.6 is 15.9 Å². The van der Waals surface area contributed by atoms with E-state index in [1.807, 2.05) is 0 Å². The van der Waals surface area contributed by atoms with Crippen molar-refractivity contribution in [1.82, 2.24) is 5.32 Å². The van der Waals surface area contributed by atoms with Crippen LogP contribution in [0.15, 0.2) is 18.2 Å². The lowest BCUT2D eigenvalue weighted by Gasteiger charge is -2.36. The van der Waals surface area contributed by atoms with Crippen molar-refractivity contribution in [1.29, 1.82) is 0 Å². The second-order valence-electron chi connectivity index (χ2n) is 4.65. The summed E-state index contributed by atoms with van der Waals surface area (Å²) >= 11 is 3.42. The number of ether oxygens (including phenoxy) is 1. The molecule has 1 aliphatic heterocycles. The number of rotatable bonds is 3. The number of carbonyl (C=O) groups is 1. The minimum absolute atomic E-state index is 0.0758. The Labute approximate surface area is 119 Å². The van der Waals surface area contributed by atoms with Crippen LogP contribution in [-0.4, -0.2) is 40.2 Å². The fourth-order valence-electron chi connectivity index (χ4n) is 2.08. The first-order valence-electron chi connectivity index (χ1n) is 6.05. The normalized spacial score (nSPS) is 17.9. The number of benzene rings is 1. The summed E-state index contributed by atoms with van der Waals surface area (Å²) in [5, 5.41) is 22.7. The summed E-state index contributed by atoms with van der Waals surface area (Å²) in [6, 6.07) is 4.33. The van der Waals surface area contributed by atoms with Gasteiger partial charge in [0, 0.05) is 18.5 Å². The number of halogens is 1. The highest BCUT2D eigenvalue weighted by atomic mass is 79.9. The first kappa shape index (κ1) is 14.1. The number of hydrogen-bond acceptors (Lipinski definition) is 4. The maximum atomic E-state index is 12.2. The molecule has 0 aliphatic carbocycles. The number of alkyl halides is 1. The Morgan fingerprint density at radius 2 is 2.05 bits per heavy atom. The number of aromatic hydroxyl groups is 2. The predicted molar refractivity (Wildman–Crippen MR) is 73.8 cm³/mol. The maximum absolute atomic E-state index is 12.2. The van der Waals surface area contributed by atoms with E-state index in [1.165, 1.54) is 18.2 Å². The molecule has 0 bridgehead atoms. The number of carbonyl (C=O) groups excluding carboxylic acids is 1. The number of phenolic OH excluding ortho intramolecular Hbond substituents is 2. The van der Waals surface area contributed by atoms with Gasteiger partial charge in [0.05, 0.1) is 11.1 Å². The van der Waals surface area contributed by atoms with Crippen LogP contribution in [0.1, 0.15) is 23.2 Å². The number of phenols is 2. The van der Waals surface area contributed by atoms with Gasteiger partial charge in [-0.25, -0.2) is 0 Å². The highest BCUT2D eigenvalue weighted by Crippen LogP contribution is 2.30. The monoisotopic (exact) mass is 329 g/mol. The summed E-state index contributed by atoms with van der Waals surface area (Å²) in [4.78, 5) is 12.2. The van der Waals surface area contributed by atoms with E-state index in [9.17, 15) is 15.0 Å². The zero-order valence-corrected chi connectivity index (χ0v) is 11.9. The Morgan fingerprint density at radius 1 is 1.37 bits per heavy atom. The first-order valence-corrected chi connectivity index (χ1v) is 7.17. The molecule has 19 heavy (non-hydrogen) atoms. The van der Waals surface area contributed by atoms with Gasteiger partial charge >= 0.3 is 0 Å². The summed E-state index contributed by atoms with van der Waals surface area (Å²) < 4.78 is 5.30. The summed E-state index contributed by atoms with van der Waals surface area (Å²) in [6.07, 6.45) is 1.42. The third kappa shape index (κ3) is 3.01. The fourth-order valence-corrected chi connectivity index (χ4v) is 2.78. The number of hydrogen-bond donors (Lipinski definition) is 3. The van der Waals surface area contributed by atoms with Crippen molar-refractivity contribution in [3.8, 4) is 11.5 Å². The molecular formula is C13H16BrNO4. The van der Waals surface area contributed by atoms with Crippen LogP contribution < -0.4 is 5.32 Å². The lowest BCUT2D eigenvalue weighted by Crippen LogP contribution is -2.53. The largest absolute Gasteiger partial charge is 0.504 e. The Balaban J connectivity index is 2.17. The number of nitrogens with one attached hydrogen (secondary N) is 1. The summed E-state index contributed by atoms with van der Waals surface area (Å²) in [5.74, 6) is -1.08. The minimum Gasteiger partial charge on any atom is -0.504 e. The van der Waals surface area contributed by atoms with Crippen LogP contribution in [0.25, 0.3) is 0 Å². The molecule has 0 atom stereocenters. The van der Waals surface area contributed by atoms with Crippen LogP contribution in [0.2, 0.25) is 0 Å². The molecule has 0 saturated carbocycles. The SMILES string of the molecule is O=C(NC1(CBr)CCOCC1)c1cccc(O)c1O. The van der Waals surface area contributed by atoms with Gasteiger partial charge in [0.1, 0.15) is 0 Å². The van der Waals surface area contributed by atoms with Gasteiger partial charge in [-0.3, -0.25) is 4.79 Å². The van der Waals surface area contributed by atoms with Gasteiger partial charge in [-0.2, -0.15) is 0 Å². The molecule has 1 saturated heterocycles. The molecule has 1 aromatic rings. The molecule has 1 heterocycles. The van der Waals surface area contributed by atoms with Crippen molar-refractivity contribution < 1.29 is 19.7 Å². The van der Waals surface area contributed by atoms with E-state index in [0.29, 0.717) is 31.4 Å². The maximum Gasteiger partial charge on any atom is 0.255 e. The van der Waals surface area contributed by atoms with Gasteiger partial charge in [0.25, 0.3) is 5.91 Å². The topological polar surface area (TPSA) is 78.8 Å². The van der Waals surface area contributed by atoms with Gasteiger partial charge in [0.15, 0.2) is 11.5 Å². The van der Waals surface area contributed by atoms with Crippen molar-refractivity contribution in [3.63, 3.8) is 0 Å². The van der Waals surface area contributed by atoms with E-state index < -0.39 is 11.7 Å². The molecule has 104 valence electrons. The molecule has 1 amide bonds. The van der Waals surface area contributed by atoms with E-state index in [1.54, 1.807) is 0 Å². The van der Waals surface area contributed by atoms with Crippen LogP contribution in [0, 0.1) is 0 Å². The summed E-state index contributed by atoms with van der Waals surface area (Å²) in [6.45, 7) is 1.19. The first-order chi connectivity index (χ1) is 9.08. The van der Waals surface area contributed by atoms with Crippen molar-refractivity contribution in [2.45, 2.75) is 18.4 Å². The van der Waals surface area contributed by atoms with E-state index in [4.69, 9.17) is 4.74 Å². The van der Waals surface area contributed by atoms with Gasteiger partial charge in [-0.15, -0.1) is 0 Å². The molecule has 1 fully saturated rings. The molecule has 6 heteroatoms. The molecule has 5 nitrogen and oxygen atoms in total. The van der Waals surface area contributed by atoms with Crippen LogP contribution in [-0.2, 0) is 4.74 Å². The molecule has 3 N–H and O–H groups in total. The molecule has 0 radical (unpaired) electrons. The molecule has 1 aliphatic rings. The molecular weight excluding hydrogens is 314 g/mol. The molecule has 1 aromatic carbocycles. The Morgan fingerprint density at radius 3 is 2.68 bits per heavy atom. The van der Waals surface area contributed by atoms with Gasteiger partial charge < -0.3 is 20.3 Å². The van der Waals surface area contributed by atoms with Crippen molar-refractivity contribution in [2.24, 2.45) is 0 Å². The van der Waals surface area contributed by atoms with Crippen molar-refractivity contribution in [3.05, 3.63) is 23.8 Å². The third-order valence-corrected chi connectivity index (χ3v) is 4.42. The standard InChI is InChI=1S/C13H16BrNO4/c14-8-13(4-6-19-7-5-13)15-12(18)9-2-1-3-10(16)11(9)17/h1-3,16-17H,4-8H2,(H,15,18). The fraction of sp³-hybridized carbons (Fsp3) is 0.462. The lowest BCUT2D eigenvalue weighted by atomic mass is 9.92. The molecule has 2 rings (SSSR count). The average molecular weight is 330 g/mol. The summed E-state index contributed by atoms with van der Waals surface area (Å²) in [7, 11) is 0. The zero-order valence-electron chi connectivity index (χ0n) is 10.4.